The highest BCUT2D eigenvalue weighted by atomic mass is 35.5. The fourth-order valence-electron chi connectivity index (χ4n) is 3.55. The molecule has 1 aliphatic rings. The second-order valence-electron chi connectivity index (χ2n) is 7.03. The predicted octanol–water partition coefficient (Wildman–Crippen LogP) is 1.43. The summed E-state index contributed by atoms with van der Waals surface area (Å²) in [6.07, 6.45) is 4.92. The molecule has 9 nitrogen and oxygen atoms in total. The first-order valence-electron chi connectivity index (χ1n) is 9.53. The number of carbonyl (C=O) groups excluding carboxylic acids is 1. The summed E-state index contributed by atoms with van der Waals surface area (Å²) in [6, 6.07) is 3.00. The van der Waals surface area contributed by atoms with Crippen molar-refractivity contribution in [3.63, 3.8) is 0 Å². The van der Waals surface area contributed by atoms with Gasteiger partial charge in [0.25, 0.3) is 5.91 Å². The number of hydrogen-bond donors (Lipinski definition) is 2. The summed E-state index contributed by atoms with van der Waals surface area (Å²) in [5.74, 6) is 0.138. The summed E-state index contributed by atoms with van der Waals surface area (Å²) < 4.78 is 12.8. The first-order chi connectivity index (χ1) is 14.0. The van der Waals surface area contributed by atoms with Gasteiger partial charge in [0, 0.05) is 39.4 Å². The highest BCUT2D eigenvalue weighted by Gasteiger charge is 2.31. The van der Waals surface area contributed by atoms with Gasteiger partial charge >= 0.3 is 0 Å². The van der Waals surface area contributed by atoms with Crippen molar-refractivity contribution < 1.29 is 14.3 Å². The number of hydrogen-bond acceptors (Lipinski definition) is 7. The van der Waals surface area contributed by atoms with Crippen LogP contribution in [0.4, 0.5) is 5.69 Å². The molecule has 0 aliphatic carbocycles. The van der Waals surface area contributed by atoms with Gasteiger partial charge in [-0.25, -0.2) is 4.98 Å². The van der Waals surface area contributed by atoms with Gasteiger partial charge in [-0.2, -0.15) is 5.10 Å². The van der Waals surface area contributed by atoms with Crippen molar-refractivity contribution in [2.45, 2.75) is 31.5 Å². The van der Waals surface area contributed by atoms with Crippen LogP contribution in [0.2, 0.25) is 5.02 Å². The van der Waals surface area contributed by atoms with Crippen LogP contribution in [0, 0.1) is 0 Å². The fourth-order valence-corrected chi connectivity index (χ4v) is 3.72. The van der Waals surface area contributed by atoms with E-state index in [0.29, 0.717) is 22.0 Å². The third-order valence-electron chi connectivity index (χ3n) is 5.15. The molecule has 158 valence electrons. The van der Waals surface area contributed by atoms with Gasteiger partial charge in [0.2, 0.25) is 0 Å². The Labute approximate surface area is 175 Å². The lowest BCUT2D eigenvalue weighted by Crippen LogP contribution is -2.55. The SMILES string of the molecule is COc1cc(N)c(Cl)cc1C(=O)NC1CCN(CCCn2cncn2)CC1OC. The summed E-state index contributed by atoms with van der Waals surface area (Å²) in [6.45, 7) is 3.38. The molecule has 2 unspecified atom stereocenters. The van der Waals surface area contributed by atoms with Crippen LogP contribution in [0.1, 0.15) is 23.2 Å². The summed E-state index contributed by atoms with van der Waals surface area (Å²) in [7, 11) is 3.17. The van der Waals surface area contributed by atoms with E-state index in [9.17, 15) is 4.79 Å². The average molecular weight is 423 g/mol. The Morgan fingerprint density at radius 2 is 2.21 bits per heavy atom. The van der Waals surface area contributed by atoms with Gasteiger partial charge < -0.3 is 25.4 Å². The summed E-state index contributed by atoms with van der Waals surface area (Å²) in [5, 5.41) is 7.50. The number of rotatable bonds is 8. The summed E-state index contributed by atoms with van der Waals surface area (Å²) in [5.41, 5.74) is 6.53. The number of nitrogens with two attached hydrogens (primary N) is 1. The maximum absolute atomic E-state index is 12.8. The Balaban J connectivity index is 1.56. The van der Waals surface area contributed by atoms with Crippen molar-refractivity contribution >= 4 is 23.2 Å². The molecule has 2 heterocycles. The van der Waals surface area contributed by atoms with E-state index in [1.807, 2.05) is 4.68 Å². The minimum atomic E-state index is -0.254. The number of carbonyl (C=O) groups is 1. The van der Waals surface area contributed by atoms with E-state index < -0.39 is 0 Å². The van der Waals surface area contributed by atoms with Crippen LogP contribution >= 0.6 is 11.6 Å². The molecule has 2 aromatic rings. The monoisotopic (exact) mass is 422 g/mol. The number of nitrogens with zero attached hydrogens (tertiary/aromatic N) is 4. The molecule has 0 bridgehead atoms. The zero-order valence-electron chi connectivity index (χ0n) is 16.7. The number of anilines is 1. The number of aromatic nitrogens is 3. The molecule has 1 aromatic heterocycles. The van der Waals surface area contributed by atoms with Crippen LogP contribution in [-0.4, -0.2) is 71.6 Å². The molecule has 1 fully saturated rings. The van der Waals surface area contributed by atoms with Crippen molar-refractivity contribution in [3.05, 3.63) is 35.4 Å². The summed E-state index contributed by atoms with van der Waals surface area (Å²) in [4.78, 5) is 19.1. The number of nitrogens with one attached hydrogen (secondary N) is 1. The quantitative estimate of drug-likeness (QED) is 0.619. The lowest BCUT2D eigenvalue weighted by molar-refractivity contribution is 0.00578. The third-order valence-corrected chi connectivity index (χ3v) is 5.48. The number of benzene rings is 1. The van der Waals surface area contributed by atoms with E-state index in [1.54, 1.807) is 25.8 Å². The topological polar surface area (TPSA) is 108 Å². The van der Waals surface area contributed by atoms with E-state index in [0.717, 1.165) is 39.0 Å². The summed E-state index contributed by atoms with van der Waals surface area (Å²) >= 11 is 6.09. The Kier molecular flexibility index (Phi) is 7.29. The maximum atomic E-state index is 12.8. The van der Waals surface area contributed by atoms with Gasteiger partial charge in [-0.3, -0.25) is 9.48 Å². The molecule has 3 N–H and O–H groups in total. The molecule has 1 aliphatic heterocycles. The largest absolute Gasteiger partial charge is 0.496 e. The van der Waals surface area contributed by atoms with Gasteiger partial charge in [0.15, 0.2) is 0 Å². The van der Waals surface area contributed by atoms with E-state index >= 15 is 0 Å². The Morgan fingerprint density at radius 1 is 1.38 bits per heavy atom. The normalized spacial score (nSPS) is 19.8. The third kappa shape index (κ3) is 5.37. The van der Waals surface area contributed by atoms with E-state index in [2.05, 4.69) is 20.3 Å². The van der Waals surface area contributed by atoms with Crippen LogP contribution < -0.4 is 15.8 Å². The number of ether oxygens (including phenoxy) is 2. The molecule has 0 radical (unpaired) electrons. The molecule has 0 saturated carbocycles. The van der Waals surface area contributed by atoms with Gasteiger partial charge in [0.1, 0.15) is 18.4 Å². The van der Waals surface area contributed by atoms with Crippen LogP contribution in [0.15, 0.2) is 24.8 Å². The second-order valence-corrected chi connectivity index (χ2v) is 7.44. The first-order valence-corrected chi connectivity index (χ1v) is 9.91. The molecule has 1 amide bonds. The molecular weight excluding hydrogens is 396 g/mol. The standard InChI is InChI=1S/C19H27ClN6O3/c1-28-17-9-15(21)14(20)8-13(17)19(27)24-16-4-7-25(10-18(16)29-2)5-3-6-26-12-22-11-23-26/h8-9,11-12,16,18H,3-7,10,21H2,1-2H3,(H,24,27). The van der Waals surface area contributed by atoms with Gasteiger partial charge in [-0.1, -0.05) is 11.6 Å². The zero-order valence-corrected chi connectivity index (χ0v) is 17.4. The Morgan fingerprint density at radius 3 is 2.90 bits per heavy atom. The van der Waals surface area contributed by atoms with Crippen LogP contribution in [0.5, 0.6) is 5.75 Å². The van der Waals surface area contributed by atoms with Crippen LogP contribution in [-0.2, 0) is 11.3 Å². The van der Waals surface area contributed by atoms with Gasteiger partial charge in [0.05, 0.1) is 35.5 Å². The number of halogens is 1. The number of likely N-dealkylation sites (tertiary alicyclic amines) is 1. The molecule has 3 rings (SSSR count). The Bertz CT molecular complexity index is 817. The molecular formula is C19H27ClN6O3. The minimum Gasteiger partial charge on any atom is -0.496 e. The van der Waals surface area contributed by atoms with Crippen molar-refractivity contribution in [1.82, 2.24) is 25.0 Å². The highest BCUT2D eigenvalue weighted by molar-refractivity contribution is 6.33. The number of methoxy groups -OCH3 is 2. The molecule has 29 heavy (non-hydrogen) atoms. The minimum absolute atomic E-state index is 0.0971. The van der Waals surface area contributed by atoms with Crippen molar-refractivity contribution in [1.29, 1.82) is 0 Å². The van der Waals surface area contributed by atoms with Gasteiger partial charge in [-0.05, 0) is 18.9 Å². The predicted molar refractivity (Wildman–Crippen MR) is 110 cm³/mol. The number of aryl methyl sites for hydroxylation is 1. The van der Waals surface area contributed by atoms with Crippen molar-refractivity contribution in [2.24, 2.45) is 0 Å². The first kappa shape index (κ1) is 21.4. The fraction of sp³-hybridized carbons (Fsp3) is 0.526. The molecule has 1 aromatic carbocycles. The number of nitrogen functional groups attached to an aromatic ring is 1. The second kappa shape index (κ2) is 9.91. The Hall–Kier alpha value is -2.36. The molecule has 2 atom stereocenters. The maximum Gasteiger partial charge on any atom is 0.255 e. The average Bonchev–Trinajstić information content (AvgIpc) is 3.24. The van der Waals surface area contributed by atoms with Crippen molar-refractivity contribution in [3.8, 4) is 5.75 Å². The number of amides is 1. The zero-order chi connectivity index (χ0) is 20.8. The van der Waals surface area contributed by atoms with Crippen molar-refractivity contribution in [2.75, 3.05) is 39.6 Å². The smallest absolute Gasteiger partial charge is 0.255 e. The van der Waals surface area contributed by atoms with E-state index in [-0.39, 0.29) is 18.1 Å². The van der Waals surface area contributed by atoms with Crippen LogP contribution in [0.25, 0.3) is 0 Å². The molecule has 1 saturated heterocycles. The van der Waals surface area contributed by atoms with E-state index in [1.165, 1.54) is 13.2 Å². The highest BCUT2D eigenvalue weighted by Crippen LogP contribution is 2.29. The number of piperidine rings is 1. The molecule has 10 heteroatoms. The van der Waals surface area contributed by atoms with Crippen LogP contribution in [0.3, 0.4) is 0 Å². The lowest BCUT2D eigenvalue weighted by atomic mass is 10.0. The van der Waals surface area contributed by atoms with Gasteiger partial charge in [-0.15, -0.1) is 0 Å². The molecule has 0 spiro atoms. The lowest BCUT2D eigenvalue weighted by Gasteiger charge is -2.38. The van der Waals surface area contributed by atoms with E-state index in [4.69, 9.17) is 26.8 Å².